The van der Waals surface area contributed by atoms with Crippen LogP contribution in [0.15, 0.2) is 48.5 Å². The zero-order chi connectivity index (χ0) is 17.4. The number of nitrogens with one attached hydrogen (secondary N) is 1. The minimum atomic E-state index is -0.604. The third-order valence-corrected chi connectivity index (χ3v) is 3.40. The molecule has 0 bridgehead atoms. The summed E-state index contributed by atoms with van der Waals surface area (Å²) >= 11 is 0. The smallest absolute Gasteiger partial charge is 0.261 e. The Balaban J connectivity index is 1.88. The first-order valence-electron chi connectivity index (χ1n) is 7.92. The van der Waals surface area contributed by atoms with Crippen molar-refractivity contribution in [2.24, 2.45) is 0 Å². The van der Waals surface area contributed by atoms with Crippen LogP contribution in [0.4, 0.5) is 0 Å². The van der Waals surface area contributed by atoms with Crippen molar-refractivity contribution in [1.82, 2.24) is 5.32 Å². The number of carbonyl (C=O) groups is 1. The van der Waals surface area contributed by atoms with E-state index < -0.39 is 6.10 Å². The van der Waals surface area contributed by atoms with Crippen molar-refractivity contribution < 1.29 is 19.0 Å². The molecule has 0 heterocycles. The first-order valence-corrected chi connectivity index (χ1v) is 7.92. The SMILES string of the molecule is CCOc1cccc(CNC(=O)C(C)Oc2cccc(OC)c2)c1. The summed E-state index contributed by atoms with van der Waals surface area (Å²) in [5, 5.41) is 2.87. The van der Waals surface area contributed by atoms with Gasteiger partial charge in [-0.2, -0.15) is 0 Å². The number of methoxy groups -OCH3 is 1. The summed E-state index contributed by atoms with van der Waals surface area (Å²) in [7, 11) is 1.59. The van der Waals surface area contributed by atoms with Gasteiger partial charge in [0.2, 0.25) is 0 Å². The first kappa shape index (κ1) is 17.7. The molecule has 5 heteroatoms. The minimum absolute atomic E-state index is 0.181. The number of hydrogen-bond acceptors (Lipinski definition) is 4. The molecule has 2 aromatic carbocycles. The summed E-state index contributed by atoms with van der Waals surface area (Å²) in [6.45, 7) is 4.68. The van der Waals surface area contributed by atoms with Gasteiger partial charge in [0.05, 0.1) is 13.7 Å². The molecular formula is C19H23NO4. The lowest BCUT2D eigenvalue weighted by molar-refractivity contribution is -0.127. The third kappa shape index (κ3) is 5.19. The van der Waals surface area contributed by atoms with E-state index in [1.807, 2.05) is 43.3 Å². The summed E-state index contributed by atoms with van der Waals surface area (Å²) in [6, 6.07) is 14.8. The van der Waals surface area contributed by atoms with Crippen molar-refractivity contribution in [2.45, 2.75) is 26.5 Å². The molecule has 2 rings (SSSR count). The van der Waals surface area contributed by atoms with E-state index in [1.165, 1.54) is 0 Å². The highest BCUT2D eigenvalue weighted by Gasteiger charge is 2.14. The molecule has 0 aromatic heterocycles. The molecule has 0 fully saturated rings. The molecule has 5 nitrogen and oxygen atoms in total. The molecule has 128 valence electrons. The molecule has 24 heavy (non-hydrogen) atoms. The van der Waals surface area contributed by atoms with Crippen molar-refractivity contribution in [3.05, 3.63) is 54.1 Å². The van der Waals surface area contributed by atoms with Crippen molar-refractivity contribution >= 4 is 5.91 Å². The Bertz CT molecular complexity index is 672. The lowest BCUT2D eigenvalue weighted by atomic mass is 10.2. The van der Waals surface area contributed by atoms with Crippen LogP contribution in [0.1, 0.15) is 19.4 Å². The zero-order valence-corrected chi connectivity index (χ0v) is 14.2. The van der Waals surface area contributed by atoms with Gasteiger partial charge in [-0.3, -0.25) is 4.79 Å². The summed E-state index contributed by atoms with van der Waals surface area (Å²) in [5.74, 6) is 1.90. The number of rotatable bonds is 8. The fourth-order valence-corrected chi connectivity index (χ4v) is 2.18. The van der Waals surface area contributed by atoms with E-state index in [1.54, 1.807) is 26.2 Å². The van der Waals surface area contributed by atoms with Crippen LogP contribution < -0.4 is 19.5 Å². The fourth-order valence-electron chi connectivity index (χ4n) is 2.18. The van der Waals surface area contributed by atoms with Crippen molar-refractivity contribution in [3.63, 3.8) is 0 Å². The normalized spacial score (nSPS) is 11.5. The molecule has 0 spiro atoms. The standard InChI is InChI=1S/C19H23NO4/c1-4-23-17-9-5-7-15(11-17)13-20-19(21)14(2)24-18-10-6-8-16(12-18)22-3/h5-12,14H,4,13H2,1-3H3,(H,20,21). The van der Waals surface area contributed by atoms with Crippen LogP contribution >= 0.6 is 0 Å². The van der Waals surface area contributed by atoms with Gasteiger partial charge in [0.1, 0.15) is 17.2 Å². The first-order chi connectivity index (χ1) is 11.6. The highest BCUT2D eigenvalue weighted by molar-refractivity contribution is 5.80. The second kappa shape index (κ2) is 8.82. The summed E-state index contributed by atoms with van der Waals surface area (Å²) in [5.41, 5.74) is 0.975. The molecule has 1 atom stereocenters. The van der Waals surface area contributed by atoms with Gasteiger partial charge in [-0.05, 0) is 43.7 Å². The van der Waals surface area contributed by atoms with Crippen LogP contribution in [-0.4, -0.2) is 25.7 Å². The lowest BCUT2D eigenvalue weighted by Crippen LogP contribution is -2.35. The van der Waals surface area contributed by atoms with E-state index in [0.717, 1.165) is 11.3 Å². The van der Waals surface area contributed by atoms with Gasteiger partial charge in [-0.15, -0.1) is 0 Å². The second-order valence-corrected chi connectivity index (χ2v) is 5.24. The average molecular weight is 329 g/mol. The Kier molecular flexibility index (Phi) is 6.49. The Morgan fingerprint density at radius 1 is 1.08 bits per heavy atom. The van der Waals surface area contributed by atoms with E-state index in [2.05, 4.69) is 5.32 Å². The molecule has 0 saturated heterocycles. The van der Waals surface area contributed by atoms with Crippen molar-refractivity contribution in [2.75, 3.05) is 13.7 Å². The van der Waals surface area contributed by atoms with E-state index in [4.69, 9.17) is 14.2 Å². The zero-order valence-electron chi connectivity index (χ0n) is 14.2. The van der Waals surface area contributed by atoms with Gasteiger partial charge >= 0.3 is 0 Å². The van der Waals surface area contributed by atoms with E-state index >= 15 is 0 Å². The molecule has 0 aliphatic rings. The van der Waals surface area contributed by atoms with E-state index in [0.29, 0.717) is 24.7 Å². The predicted molar refractivity (Wildman–Crippen MR) is 92.5 cm³/mol. The maximum Gasteiger partial charge on any atom is 0.261 e. The average Bonchev–Trinajstić information content (AvgIpc) is 2.60. The van der Waals surface area contributed by atoms with Crippen molar-refractivity contribution in [1.29, 1.82) is 0 Å². The lowest BCUT2D eigenvalue weighted by Gasteiger charge is -2.15. The number of benzene rings is 2. The minimum Gasteiger partial charge on any atom is -0.497 e. The van der Waals surface area contributed by atoms with Crippen LogP contribution in [0.2, 0.25) is 0 Å². The van der Waals surface area contributed by atoms with Gasteiger partial charge in [-0.1, -0.05) is 18.2 Å². The van der Waals surface area contributed by atoms with Gasteiger partial charge in [0.25, 0.3) is 5.91 Å². The number of hydrogen-bond donors (Lipinski definition) is 1. The largest absolute Gasteiger partial charge is 0.497 e. The summed E-state index contributed by atoms with van der Waals surface area (Å²) < 4.78 is 16.2. The van der Waals surface area contributed by atoms with E-state index in [9.17, 15) is 4.79 Å². The monoisotopic (exact) mass is 329 g/mol. The van der Waals surface area contributed by atoms with Gasteiger partial charge in [0, 0.05) is 12.6 Å². The third-order valence-electron chi connectivity index (χ3n) is 3.40. The van der Waals surface area contributed by atoms with E-state index in [-0.39, 0.29) is 5.91 Å². The maximum absolute atomic E-state index is 12.2. The van der Waals surface area contributed by atoms with Crippen LogP contribution in [0.3, 0.4) is 0 Å². The molecule has 1 N–H and O–H groups in total. The topological polar surface area (TPSA) is 56.8 Å². The molecule has 0 aliphatic heterocycles. The summed E-state index contributed by atoms with van der Waals surface area (Å²) in [6.07, 6.45) is -0.604. The Morgan fingerprint density at radius 2 is 1.79 bits per heavy atom. The quantitative estimate of drug-likeness (QED) is 0.808. The number of carbonyl (C=O) groups excluding carboxylic acids is 1. The number of amides is 1. The Labute approximate surface area is 142 Å². The van der Waals surface area contributed by atoms with Crippen LogP contribution in [0.25, 0.3) is 0 Å². The maximum atomic E-state index is 12.2. The highest BCUT2D eigenvalue weighted by atomic mass is 16.5. The van der Waals surface area contributed by atoms with Gasteiger partial charge < -0.3 is 19.5 Å². The second-order valence-electron chi connectivity index (χ2n) is 5.24. The molecule has 1 amide bonds. The molecule has 0 radical (unpaired) electrons. The molecular weight excluding hydrogens is 306 g/mol. The van der Waals surface area contributed by atoms with Gasteiger partial charge in [0.15, 0.2) is 6.10 Å². The van der Waals surface area contributed by atoms with Crippen LogP contribution in [0, 0.1) is 0 Å². The van der Waals surface area contributed by atoms with Crippen LogP contribution in [0.5, 0.6) is 17.2 Å². The fraction of sp³-hybridized carbons (Fsp3) is 0.316. The molecule has 2 aromatic rings. The van der Waals surface area contributed by atoms with Crippen LogP contribution in [-0.2, 0) is 11.3 Å². The Morgan fingerprint density at radius 3 is 2.54 bits per heavy atom. The summed E-state index contributed by atoms with van der Waals surface area (Å²) in [4.78, 5) is 12.2. The Hall–Kier alpha value is -2.69. The predicted octanol–water partition coefficient (Wildman–Crippen LogP) is 3.18. The highest BCUT2D eigenvalue weighted by Crippen LogP contribution is 2.20. The van der Waals surface area contributed by atoms with Crippen molar-refractivity contribution in [3.8, 4) is 17.2 Å². The molecule has 0 aliphatic carbocycles. The molecule has 1 unspecified atom stereocenters. The van der Waals surface area contributed by atoms with Gasteiger partial charge in [-0.25, -0.2) is 0 Å². The molecule has 0 saturated carbocycles. The number of ether oxygens (including phenoxy) is 3.